The van der Waals surface area contributed by atoms with E-state index in [0.717, 1.165) is 24.4 Å². The minimum atomic E-state index is -4.23. The molecule has 0 unspecified atom stereocenters. The monoisotopic (exact) mass is 285 g/mol. The molecule has 5 nitrogen and oxygen atoms in total. The van der Waals surface area contributed by atoms with Gasteiger partial charge < -0.3 is 5.73 Å². The van der Waals surface area contributed by atoms with Crippen LogP contribution in [0.3, 0.4) is 0 Å². The van der Waals surface area contributed by atoms with Gasteiger partial charge in [-0.3, -0.25) is 9.71 Å². The average Bonchev–Trinajstić information content (AvgIpc) is 2.31. The summed E-state index contributed by atoms with van der Waals surface area (Å²) in [6.07, 6.45) is 2.05. The van der Waals surface area contributed by atoms with Gasteiger partial charge in [-0.2, -0.15) is 0 Å². The second-order valence-electron chi connectivity index (χ2n) is 3.65. The number of benzene rings is 1. The molecule has 0 radical (unpaired) electrons. The van der Waals surface area contributed by atoms with Crippen molar-refractivity contribution in [3.05, 3.63) is 48.3 Å². The Morgan fingerprint density at radius 1 is 1.16 bits per heavy atom. The molecule has 0 spiro atoms. The van der Waals surface area contributed by atoms with Crippen molar-refractivity contribution < 1.29 is 17.2 Å². The zero-order chi connectivity index (χ0) is 14.0. The Balaban J connectivity index is 2.41. The van der Waals surface area contributed by atoms with Crippen molar-refractivity contribution in [2.45, 2.75) is 4.90 Å². The van der Waals surface area contributed by atoms with Gasteiger partial charge in [0.05, 0.1) is 11.9 Å². The highest BCUT2D eigenvalue weighted by Gasteiger charge is 2.20. The van der Waals surface area contributed by atoms with E-state index in [1.54, 1.807) is 0 Å². The quantitative estimate of drug-likeness (QED) is 0.841. The molecule has 0 amide bonds. The molecule has 100 valence electrons. The SMILES string of the molecule is Nc1ccc(S(=O)(=O)Nc2ccncc2F)c(F)c1. The number of hydrogen-bond acceptors (Lipinski definition) is 4. The number of anilines is 2. The molecular weight excluding hydrogens is 276 g/mol. The summed E-state index contributed by atoms with van der Waals surface area (Å²) in [6.45, 7) is 0. The van der Waals surface area contributed by atoms with Crippen LogP contribution < -0.4 is 10.5 Å². The van der Waals surface area contributed by atoms with Gasteiger partial charge in [0.1, 0.15) is 10.7 Å². The van der Waals surface area contributed by atoms with Crippen molar-refractivity contribution in [3.8, 4) is 0 Å². The van der Waals surface area contributed by atoms with E-state index >= 15 is 0 Å². The Kier molecular flexibility index (Phi) is 3.34. The lowest BCUT2D eigenvalue weighted by Crippen LogP contribution is -2.15. The maximum Gasteiger partial charge on any atom is 0.264 e. The molecule has 2 rings (SSSR count). The van der Waals surface area contributed by atoms with Crippen LogP contribution in [0.2, 0.25) is 0 Å². The van der Waals surface area contributed by atoms with Gasteiger partial charge in [0.2, 0.25) is 0 Å². The third-order valence-corrected chi connectivity index (χ3v) is 3.66. The summed E-state index contributed by atoms with van der Waals surface area (Å²) in [5.41, 5.74) is 5.10. The van der Waals surface area contributed by atoms with Crippen molar-refractivity contribution in [1.82, 2.24) is 4.98 Å². The van der Waals surface area contributed by atoms with Crippen LogP contribution in [0.5, 0.6) is 0 Å². The largest absolute Gasteiger partial charge is 0.399 e. The van der Waals surface area contributed by atoms with E-state index in [0.29, 0.717) is 0 Å². The normalized spacial score (nSPS) is 11.3. The first-order chi connectivity index (χ1) is 8.90. The Labute approximate surface area is 108 Å². The fraction of sp³-hybridized carbons (Fsp3) is 0. The summed E-state index contributed by atoms with van der Waals surface area (Å²) < 4.78 is 52.6. The number of rotatable bonds is 3. The molecule has 1 aromatic carbocycles. The third kappa shape index (κ3) is 2.79. The summed E-state index contributed by atoms with van der Waals surface area (Å²) in [4.78, 5) is 2.86. The lowest BCUT2D eigenvalue weighted by atomic mass is 10.3. The molecule has 0 atom stereocenters. The molecule has 0 bridgehead atoms. The van der Waals surface area contributed by atoms with Crippen molar-refractivity contribution in [3.63, 3.8) is 0 Å². The van der Waals surface area contributed by atoms with E-state index in [4.69, 9.17) is 5.73 Å². The number of nitrogen functional groups attached to an aromatic ring is 1. The first kappa shape index (κ1) is 13.2. The summed E-state index contributed by atoms with van der Waals surface area (Å²) >= 11 is 0. The maximum absolute atomic E-state index is 13.5. The summed E-state index contributed by atoms with van der Waals surface area (Å²) in [7, 11) is -4.23. The smallest absolute Gasteiger partial charge is 0.264 e. The number of hydrogen-bond donors (Lipinski definition) is 2. The van der Waals surface area contributed by atoms with Gasteiger partial charge in [-0.15, -0.1) is 0 Å². The fourth-order valence-corrected chi connectivity index (χ4v) is 2.52. The molecule has 1 aromatic heterocycles. The van der Waals surface area contributed by atoms with Crippen molar-refractivity contribution in [1.29, 1.82) is 0 Å². The van der Waals surface area contributed by atoms with Crippen LogP contribution in [0.15, 0.2) is 41.6 Å². The lowest BCUT2D eigenvalue weighted by Gasteiger charge is -2.09. The number of pyridine rings is 1. The van der Waals surface area contributed by atoms with Gasteiger partial charge in [0.25, 0.3) is 10.0 Å². The van der Waals surface area contributed by atoms with E-state index in [1.165, 1.54) is 12.3 Å². The number of halogens is 2. The number of aromatic nitrogens is 1. The van der Waals surface area contributed by atoms with Crippen molar-refractivity contribution in [2.24, 2.45) is 0 Å². The number of nitrogens with zero attached hydrogens (tertiary/aromatic N) is 1. The molecule has 0 aliphatic rings. The predicted octanol–water partition coefficient (Wildman–Crippen LogP) is 1.74. The first-order valence-electron chi connectivity index (χ1n) is 5.07. The highest BCUT2D eigenvalue weighted by Crippen LogP contribution is 2.21. The number of nitrogens with two attached hydrogens (primary N) is 1. The molecule has 2 aromatic rings. The Morgan fingerprint density at radius 3 is 2.53 bits per heavy atom. The number of nitrogens with one attached hydrogen (secondary N) is 1. The van der Waals surface area contributed by atoms with Crippen molar-refractivity contribution >= 4 is 21.4 Å². The van der Waals surface area contributed by atoms with Crippen LogP contribution in [0.1, 0.15) is 0 Å². The molecule has 19 heavy (non-hydrogen) atoms. The first-order valence-corrected chi connectivity index (χ1v) is 6.56. The van der Waals surface area contributed by atoms with E-state index < -0.39 is 26.6 Å². The minimum absolute atomic E-state index is 0.0894. The number of sulfonamides is 1. The standard InChI is InChI=1S/C11H9F2N3O2S/c12-8-5-7(14)1-2-11(8)19(17,18)16-10-3-4-15-6-9(10)13/h1-6H,14H2,(H,15,16). The zero-order valence-corrected chi connectivity index (χ0v) is 10.3. The lowest BCUT2D eigenvalue weighted by molar-refractivity contribution is 0.569. The van der Waals surface area contributed by atoms with E-state index in [1.807, 2.05) is 4.72 Å². The predicted molar refractivity (Wildman–Crippen MR) is 65.8 cm³/mol. The van der Waals surface area contributed by atoms with E-state index in [2.05, 4.69) is 4.98 Å². The van der Waals surface area contributed by atoms with Crippen LogP contribution in [0.4, 0.5) is 20.2 Å². The van der Waals surface area contributed by atoms with Gasteiger partial charge in [-0.1, -0.05) is 0 Å². The molecule has 0 fully saturated rings. The van der Waals surface area contributed by atoms with Crippen LogP contribution in [-0.2, 0) is 10.0 Å². The summed E-state index contributed by atoms with van der Waals surface area (Å²) in [5, 5.41) is 0. The second kappa shape index (κ2) is 4.81. The Hall–Kier alpha value is -2.22. The topological polar surface area (TPSA) is 85.1 Å². The zero-order valence-electron chi connectivity index (χ0n) is 9.47. The van der Waals surface area contributed by atoms with Gasteiger partial charge in [0, 0.05) is 11.9 Å². The molecular formula is C11H9F2N3O2S. The van der Waals surface area contributed by atoms with Gasteiger partial charge in [-0.05, 0) is 24.3 Å². The van der Waals surface area contributed by atoms with Crippen molar-refractivity contribution in [2.75, 3.05) is 10.5 Å². The van der Waals surface area contributed by atoms with Crippen LogP contribution in [0, 0.1) is 11.6 Å². The molecule has 0 aliphatic heterocycles. The van der Waals surface area contributed by atoms with Crippen LogP contribution >= 0.6 is 0 Å². The molecule has 3 N–H and O–H groups in total. The summed E-state index contributed by atoms with van der Waals surface area (Å²) in [6, 6.07) is 4.24. The third-order valence-electron chi connectivity index (χ3n) is 2.26. The van der Waals surface area contributed by atoms with Gasteiger partial charge >= 0.3 is 0 Å². The Morgan fingerprint density at radius 2 is 1.89 bits per heavy atom. The average molecular weight is 285 g/mol. The minimum Gasteiger partial charge on any atom is -0.399 e. The summed E-state index contributed by atoms with van der Waals surface area (Å²) in [5.74, 6) is -1.87. The van der Waals surface area contributed by atoms with Crippen LogP contribution in [0.25, 0.3) is 0 Å². The van der Waals surface area contributed by atoms with E-state index in [-0.39, 0.29) is 11.4 Å². The Bertz CT molecular complexity index is 720. The molecule has 8 heteroatoms. The second-order valence-corrected chi connectivity index (χ2v) is 5.30. The molecule has 0 saturated carbocycles. The maximum atomic E-state index is 13.5. The highest BCUT2D eigenvalue weighted by molar-refractivity contribution is 7.92. The molecule has 0 aliphatic carbocycles. The van der Waals surface area contributed by atoms with Gasteiger partial charge in [-0.25, -0.2) is 17.2 Å². The van der Waals surface area contributed by atoms with Crippen LogP contribution in [-0.4, -0.2) is 13.4 Å². The molecule has 0 saturated heterocycles. The highest BCUT2D eigenvalue weighted by atomic mass is 32.2. The van der Waals surface area contributed by atoms with E-state index in [9.17, 15) is 17.2 Å². The molecule has 1 heterocycles. The fourth-order valence-electron chi connectivity index (χ4n) is 1.39. The van der Waals surface area contributed by atoms with Gasteiger partial charge in [0.15, 0.2) is 5.82 Å².